The Bertz CT molecular complexity index is 412. The van der Waals surface area contributed by atoms with Crippen molar-refractivity contribution in [3.8, 4) is 0 Å². The summed E-state index contributed by atoms with van der Waals surface area (Å²) in [5, 5.41) is 13.5. The Morgan fingerprint density at radius 2 is 1.46 bits per heavy atom. The number of rotatable bonds is 11. The molecule has 0 aromatic carbocycles. The highest BCUT2D eigenvalue weighted by Gasteiger charge is 2.46. The molecule has 1 heterocycles. The van der Waals surface area contributed by atoms with Crippen molar-refractivity contribution in [1.29, 1.82) is 0 Å². The van der Waals surface area contributed by atoms with E-state index in [4.69, 9.17) is 18.9 Å². The van der Waals surface area contributed by atoms with E-state index in [2.05, 4.69) is 0 Å². The summed E-state index contributed by atoms with van der Waals surface area (Å²) in [6.07, 6.45) is 1.51. The number of carbonyl (C=O) groups excluding carboxylic acids is 1. The van der Waals surface area contributed by atoms with Crippen molar-refractivity contribution >= 4 is 28.6 Å². The van der Waals surface area contributed by atoms with E-state index >= 15 is 0 Å². The fourth-order valence-electron chi connectivity index (χ4n) is 3.20. The molecule has 0 aromatic rings. The molecule has 1 rings (SSSR count). The number of halogens is 1. The lowest BCUT2D eigenvalue weighted by atomic mass is 9.80. The monoisotopic (exact) mass is 486 g/mol. The molecule has 0 amide bonds. The van der Waals surface area contributed by atoms with Crippen molar-refractivity contribution in [2.75, 3.05) is 39.6 Å². The van der Waals surface area contributed by atoms with Crippen molar-refractivity contribution in [2.24, 2.45) is 0 Å². The predicted molar refractivity (Wildman–Crippen MR) is 106 cm³/mol. The van der Waals surface area contributed by atoms with Gasteiger partial charge in [0, 0.05) is 11.1 Å². The minimum absolute atomic E-state index is 0.0695. The molecule has 0 N–H and O–H groups in total. The van der Waals surface area contributed by atoms with Gasteiger partial charge in [-0.2, -0.15) is 0 Å². The van der Waals surface area contributed by atoms with Crippen LogP contribution in [0.2, 0.25) is 0 Å². The molecule has 1 saturated heterocycles. The summed E-state index contributed by atoms with van der Waals surface area (Å²) < 4.78 is 21.6. The molecule has 0 bridgehead atoms. The molecule has 153 valence electrons. The minimum atomic E-state index is -0.417. The molecular weight excluding hydrogens is 453 g/mol. The SMILES string of the molecule is CC(I)C(=O)OCCOCCOCCOC1CC(C)(C)N([O])C(C)(C)C1. The van der Waals surface area contributed by atoms with Gasteiger partial charge in [0.2, 0.25) is 0 Å². The van der Waals surface area contributed by atoms with Gasteiger partial charge in [0.1, 0.15) is 10.5 Å². The quantitative estimate of drug-likeness (QED) is 0.194. The third kappa shape index (κ3) is 8.35. The summed E-state index contributed by atoms with van der Waals surface area (Å²) in [5.74, 6) is -0.225. The molecule has 1 unspecified atom stereocenters. The van der Waals surface area contributed by atoms with Crippen molar-refractivity contribution in [2.45, 2.75) is 68.6 Å². The molecule has 1 fully saturated rings. The summed E-state index contributed by atoms with van der Waals surface area (Å²) in [5.41, 5.74) is -0.834. The lowest BCUT2D eigenvalue weighted by Crippen LogP contribution is -2.59. The molecule has 1 atom stereocenters. The summed E-state index contributed by atoms with van der Waals surface area (Å²) in [6, 6.07) is 0. The van der Waals surface area contributed by atoms with Crippen molar-refractivity contribution in [3.05, 3.63) is 0 Å². The van der Waals surface area contributed by atoms with Crippen LogP contribution in [0.1, 0.15) is 47.5 Å². The van der Waals surface area contributed by atoms with Crippen LogP contribution < -0.4 is 0 Å². The zero-order valence-corrected chi connectivity index (χ0v) is 18.7. The zero-order valence-electron chi connectivity index (χ0n) is 16.6. The van der Waals surface area contributed by atoms with E-state index in [9.17, 15) is 10.0 Å². The number of nitrogens with zero attached hydrogens (tertiary/aromatic N) is 1. The molecule has 1 aliphatic rings. The second kappa shape index (κ2) is 11.1. The van der Waals surface area contributed by atoms with Crippen LogP contribution in [0.25, 0.3) is 0 Å². The fourth-order valence-corrected chi connectivity index (χ4v) is 3.38. The Morgan fingerprint density at radius 1 is 1.00 bits per heavy atom. The van der Waals surface area contributed by atoms with Crippen LogP contribution in [-0.2, 0) is 28.9 Å². The van der Waals surface area contributed by atoms with E-state index in [1.165, 1.54) is 5.06 Å². The minimum Gasteiger partial charge on any atom is -0.462 e. The highest BCUT2D eigenvalue weighted by Crippen LogP contribution is 2.38. The molecule has 1 radical (unpaired) electrons. The number of hydrogen-bond acceptors (Lipinski definition) is 6. The second-order valence-corrected chi connectivity index (χ2v) is 9.70. The molecule has 7 nitrogen and oxygen atoms in total. The fraction of sp³-hybridized carbons (Fsp3) is 0.944. The maximum absolute atomic E-state index is 12.3. The summed E-state index contributed by atoms with van der Waals surface area (Å²) in [7, 11) is 0. The smallest absolute Gasteiger partial charge is 0.318 e. The van der Waals surface area contributed by atoms with Crippen LogP contribution in [0, 0.1) is 0 Å². The van der Waals surface area contributed by atoms with Crippen molar-refractivity contribution in [1.82, 2.24) is 5.06 Å². The Hall–Kier alpha value is -0.0000000000000000694. The molecule has 0 aliphatic carbocycles. The van der Waals surface area contributed by atoms with E-state index in [0.717, 1.165) is 12.8 Å². The van der Waals surface area contributed by atoms with Gasteiger partial charge < -0.3 is 18.9 Å². The first-order valence-corrected chi connectivity index (χ1v) is 10.4. The maximum Gasteiger partial charge on any atom is 0.318 e. The maximum atomic E-state index is 12.3. The number of hydrogen-bond donors (Lipinski definition) is 0. The molecule has 8 heteroatoms. The van der Waals surface area contributed by atoms with Gasteiger partial charge in [0.15, 0.2) is 0 Å². The molecular formula is C18H33INO6. The summed E-state index contributed by atoms with van der Waals surface area (Å²) in [6.45, 7) is 12.2. The first kappa shape index (κ1) is 24.0. The van der Waals surface area contributed by atoms with Crippen LogP contribution in [0.3, 0.4) is 0 Å². The average Bonchev–Trinajstić information content (AvgIpc) is 2.53. The van der Waals surface area contributed by atoms with E-state index in [0.29, 0.717) is 33.0 Å². The van der Waals surface area contributed by atoms with E-state index in [1.54, 1.807) is 6.92 Å². The standard InChI is InChI=1S/C18H33INO6/c1-14(19)16(21)26-11-9-24-7-6-23-8-10-25-15-12-17(2,3)20(22)18(4,5)13-15/h14-15H,6-13H2,1-5H3. The first-order chi connectivity index (χ1) is 12.1. The molecule has 0 saturated carbocycles. The van der Waals surface area contributed by atoms with Crippen LogP contribution >= 0.6 is 22.6 Å². The summed E-state index contributed by atoms with van der Waals surface area (Å²) in [4.78, 5) is 11.2. The van der Waals surface area contributed by atoms with Gasteiger partial charge in [0.25, 0.3) is 0 Å². The van der Waals surface area contributed by atoms with Crippen LogP contribution in [0.4, 0.5) is 0 Å². The number of carbonyl (C=O) groups is 1. The highest BCUT2D eigenvalue weighted by atomic mass is 127. The largest absolute Gasteiger partial charge is 0.462 e. The Labute approximate surface area is 170 Å². The number of esters is 1. The number of hydroxylamine groups is 2. The highest BCUT2D eigenvalue weighted by molar-refractivity contribution is 14.1. The van der Waals surface area contributed by atoms with Gasteiger partial charge in [-0.1, -0.05) is 22.6 Å². The summed E-state index contributed by atoms with van der Waals surface area (Å²) >= 11 is 2.01. The van der Waals surface area contributed by atoms with E-state index < -0.39 is 11.1 Å². The molecule has 26 heavy (non-hydrogen) atoms. The van der Waals surface area contributed by atoms with Gasteiger partial charge in [-0.25, -0.2) is 0 Å². The number of ether oxygens (including phenoxy) is 4. The Balaban J connectivity index is 2.03. The molecule has 0 aromatic heterocycles. The third-order valence-corrected chi connectivity index (χ3v) is 4.81. The third-order valence-electron chi connectivity index (χ3n) is 4.30. The number of piperidine rings is 1. The average molecular weight is 486 g/mol. The van der Waals surface area contributed by atoms with Gasteiger partial charge in [-0.05, 0) is 47.5 Å². The lowest BCUT2D eigenvalue weighted by Gasteiger charge is -2.49. The Morgan fingerprint density at radius 3 is 1.96 bits per heavy atom. The predicted octanol–water partition coefficient (Wildman–Crippen LogP) is 2.77. The van der Waals surface area contributed by atoms with Crippen LogP contribution in [-0.4, -0.2) is 71.8 Å². The van der Waals surface area contributed by atoms with Gasteiger partial charge in [0.05, 0.1) is 39.1 Å². The van der Waals surface area contributed by atoms with Crippen molar-refractivity contribution in [3.63, 3.8) is 0 Å². The molecule has 0 spiro atoms. The second-order valence-electron chi connectivity index (χ2n) is 7.83. The first-order valence-electron chi connectivity index (χ1n) is 9.11. The van der Waals surface area contributed by atoms with E-state index in [-0.39, 0.29) is 22.6 Å². The van der Waals surface area contributed by atoms with Crippen LogP contribution in [0.15, 0.2) is 0 Å². The lowest BCUT2D eigenvalue weighted by molar-refractivity contribution is -0.301. The normalized spacial score (nSPS) is 21.5. The van der Waals surface area contributed by atoms with E-state index in [1.807, 2.05) is 50.3 Å². The topological polar surface area (TPSA) is 77.1 Å². The van der Waals surface area contributed by atoms with Gasteiger partial charge in [-0.15, -0.1) is 10.3 Å². The molecule has 1 aliphatic heterocycles. The zero-order chi connectivity index (χ0) is 19.8. The van der Waals surface area contributed by atoms with Gasteiger partial charge >= 0.3 is 5.97 Å². The van der Waals surface area contributed by atoms with Crippen molar-refractivity contribution < 1.29 is 28.9 Å². The van der Waals surface area contributed by atoms with Gasteiger partial charge in [-0.3, -0.25) is 4.79 Å². The number of alkyl halides is 1. The van der Waals surface area contributed by atoms with Crippen LogP contribution in [0.5, 0.6) is 0 Å². The Kier molecular flexibility index (Phi) is 10.3.